The molecule has 18 N–H and O–H groups in total. The number of rotatable bonds is 27. The summed E-state index contributed by atoms with van der Waals surface area (Å²) in [5.41, 5.74) is 33.0. The minimum Gasteiger partial charge on any atom is -0.481 e. The number of thiol groups is 1. The molecular weight excluding hydrogens is 767 g/mol. The fourth-order valence-electron chi connectivity index (χ4n) is 5.18. The summed E-state index contributed by atoms with van der Waals surface area (Å²) in [6.07, 6.45) is -0.0214. The third kappa shape index (κ3) is 19.5. The van der Waals surface area contributed by atoms with Crippen LogP contribution in [0.4, 0.5) is 0 Å². The first-order valence-electron chi connectivity index (χ1n) is 18.0. The lowest BCUT2D eigenvalue weighted by Crippen LogP contribution is -2.60. The number of nitrogens with two attached hydrogens (primary N) is 6. The van der Waals surface area contributed by atoms with Crippen molar-refractivity contribution in [3.8, 4) is 0 Å². The van der Waals surface area contributed by atoms with E-state index in [0.29, 0.717) is 12.0 Å². The van der Waals surface area contributed by atoms with Crippen LogP contribution in [0, 0.1) is 0 Å². The molecule has 0 unspecified atom stereocenters. The second kappa shape index (κ2) is 26.0. The first-order valence-corrected chi connectivity index (χ1v) is 18.6. The van der Waals surface area contributed by atoms with Gasteiger partial charge in [-0.3, -0.25) is 48.3 Å². The zero-order valence-corrected chi connectivity index (χ0v) is 32.5. The van der Waals surface area contributed by atoms with Crippen LogP contribution in [0.2, 0.25) is 0 Å². The summed E-state index contributed by atoms with van der Waals surface area (Å²) < 4.78 is 0. The summed E-state index contributed by atoms with van der Waals surface area (Å²) in [5.74, 6) is -8.64. The molecular formula is C34H55N13O9S. The number of nitrogens with zero attached hydrogens (tertiary/aromatic N) is 2. The standard InChI is InChI=1S/C34H55N13O9S/c1-2-8-20(44-30(54)21(11-6-13-41-33(37)38)43-28(52)19(35)16-25(48)49)29(53)46-23(15-18-9-4-3-5-10-18)32(56)45-22(12-7-14-42-34(39)40)31(55)47-24(17-57)26(50)27(36)51/h3-5,9-10,19-24,57H,2,6-8,11-17,35H2,1H3,(H2,36,51)(H,43,52)(H,44,54)(H,45,56)(H,46,53)(H,47,55)(H,48,49)(H4,37,38,41)(H4,39,40,42)/t19-,20-,21-,22-,23-,24-/m0/s1. The van der Waals surface area contributed by atoms with Crippen molar-refractivity contribution in [2.24, 2.45) is 44.4 Å². The molecule has 1 aromatic rings. The zero-order chi connectivity index (χ0) is 43.1. The summed E-state index contributed by atoms with van der Waals surface area (Å²) in [5, 5.41) is 21.7. The number of nitrogens with one attached hydrogen (secondary N) is 5. The molecule has 0 aliphatic rings. The summed E-state index contributed by atoms with van der Waals surface area (Å²) in [4.78, 5) is 110. The van der Waals surface area contributed by atoms with Gasteiger partial charge in [0.1, 0.15) is 30.2 Å². The molecule has 1 rings (SSSR count). The summed E-state index contributed by atoms with van der Waals surface area (Å²) >= 11 is 4.02. The van der Waals surface area contributed by atoms with Crippen LogP contribution < -0.4 is 61.0 Å². The largest absolute Gasteiger partial charge is 0.481 e. The van der Waals surface area contributed by atoms with Crippen molar-refractivity contribution in [2.45, 2.75) is 94.5 Å². The second-order valence-electron chi connectivity index (χ2n) is 12.8. The van der Waals surface area contributed by atoms with Crippen LogP contribution in [0.5, 0.6) is 0 Å². The Labute approximate surface area is 334 Å². The van der Waals surface area contributed by atoms with Gasteiger partial charge in [-0.2, -0.15) is 12.6 Å². The molecule has 23 heteroatoms. The number of aliphatic imine (C=N–C) groups is 2. The van der Waals surface area contributed by atoms with Gasteiger partial charge in [0.05, 0.1) is 12.5 Å². The van der Waals surface area contributed by atoms with Gasteiger partial charge in [0.15, 0.2) is 11.9 Å². The first kappa shape index (κ1) is 49.0. The molecule has 0 aromatic heterocycles. The molecule has 57 heavy (non-hydrogen) atoms. The molecule has 0 spiro atoms. The molecule has 0 fully saturated rings. The number of benzene rings is 1. The molecule has 316 valence electrons. The van der Waals surface area contributed by atoms with Crippen LogP contribution >= 0.6 is 12.6 Å². The van der Waals surface area contributed by atoms with E-state index < -0.39 is 89.9 Å². The van der Waals surface area contributed by atoms with E-state index in [4.69, 9.17) is 39.5 Å². The van der Waals surface area contributed by atoms with Crippen molar-refractivity contribution in [1.29, 1.82) is 0 Å². The molecule has 0 aliphatic heterocycles. The number of aliphatic carboxylic acids is 1. The minimum absolute atomic E-state index is 0.0284. The predicted molar refractivity (Wildman–Crippen MR) is 213 cm³/mol. The third-order valence-electron chi connectivity index (χ3n) is 8.07. The van der Waals surface area contributed by atoms with Crippen molar-refractivity contribution in [2.75, 3.05) is 18.8 Å². The van der Waals surface area contributed by atoms with Crippen molar-refractivity contribution >= 4 is 71.7 Å². The lowest BCUT2D eigenvalue weighted by atomic mass is 10.0. The average molecular weight is 822 g/mol. The Morgan fingerprint density at radius 3 is 1.49 bits per heavy atom. The number of amides is 6. The highest BCUT2D eigenvalue weighted by Gasteiger charge is 2.33. The van der Waals surface area contributed by atoms with E-state index in [1.807, 2.05) is 0 Å². The number of hydrogen-bond acceptors (Lipinski definition) is 12. The number of Topliss-reactive ketones (excluding diaryl/α,β-unsaturated/α-hetero) is 1. The Kier molecular flexibility index (Phi) is 22.4. The normalized spacial score (nSPS) is 13.8. The van der Waals surface area contributed by atoms with Crippen molar-refractivity contribution in [3.63, 3.8) is 0 Å². The maximum Gasteiger partial charge on any atom is 0.305 e. The van der Waals surface area contributed by atoms with E-state index in [1.165, 1.54) is 0 Å². The van der Waals surface area contributed by atoms with E-state index in [-0.39, 0.29) is 69.3 Å². The third-order valence-corrected chi connectivity index (χ3v) is 8.44. The van der Waals surface area contributed by atoms with Gasteiger partial charge in [-0.15, -0.1) is 0 Å². The van der Waals surface area contributed by atoms with E-state index >= 15 is 0 Å². The molecule has 6 atom stereocenters. The van der Waals surface area contributed by atoms with Crippen molar-refractivity contribution < 1.29 is 43.5 Å². The van der Waals surface area contributed by atoms with Crippen LogP contribution in [0.3, 0.4) is 0 Å². The Morgan fingerprint density at radius 2 is 1.07 bits per heavy atom. The van der Waals surface area contributed by atoms with Crippen molar-refractivity contribution in [1.82, 2.24) is 26.6 Å². The highest BCUT2D eigenvalue weighted by Crippen LogP contribution is 2.09. The molecule has 0 aliphatic carbocycles. The molecule has 0 bridgehead atoms. The number of carbonyl (C=O) groups excluding carboxylic acids is 7. The highest BCUT2D eigenvalue weighted by atomic mass is 32.1. The Hall–Kier alpha value is -5.97. The van der Waals surface area contributed by atoms with Crippen LogP contribution in [0.25, 0.3) is 0 Å². The van der Waals surface area contributed by atoms with E-state index in [9.17, 15) is 38.4 Å². The molecule has 1 aromatic carbocycles. The van der Waals surface area contributed by atoms with Gasteiger partial charge in [-0.25, -0.2) is 0 Å². The molecule has 0 saturated heterocycles. The quantitative estimate of drug-likeness (QED) is 0.0131. The topological polar surface area (TPSA) is 398 Å². The van der Waals surface area contributed by atoms with E-state index in [1.54, 1.807) is 37.3 Å². The average Bonchev–Trinajstić information content (AvgIpc) is 3.14. The number of ketones is 1. The van der Waals surface area contributed by atoms with Gasteiger partial charge in [-0.1, -0.05) is 43.7 Å². The lowest BCUT2D eigenvalue weighted by molar-refractivity contribution is -0.140. The number of carbonyl (C=O) groups is 8. The van der Waals surface area contributed by atoms with E-state index in [2.05, 4.69) is 49.2 Å². The van der Waals surface area contributed by atoms with Crippen LogP contribution in [-0.2, 0) is 44.8 Å². The molecule has 0 saturated carbocycles. The Bertz CT molecular complexity index is 1610. The van der Waals surface area contributed by atoms with Gasteiger partial charge >= 0.3 is 5.97 Å². The van der Waals surface area contributed by atoms with E-state index in [0.717, 1.165) is 0 Å². The maximum atomic E-state index is 14.0. The summed E-state index contributed by atoms with van der Waals surface area (Å²) in [6.45, 7) is 1.90. The first-order chi connectivity index (χ1) is 26.9. The number of primary amides is 1. The number of carboxylic acids is 1. The van der Waals surface area contributed by atoms with Crippen LogP contribution in [0.1, 0.15) is 57.4 Å². The molecule has 0 heterocycles. The molecule has 6 amide bonds. The predicted octanol–water partition coefficient (Wildman–Crippen LogP) is -4.65. The molecule has 0 radical (unpaired) electrons. The summed E-state index contributed by atoms with van der Waals surface area (Å²) in [6, 6.07) is 0.501. The fourth-order valence-corrected chi connectivity index (χ4v) is 5.43. The molecule has 22 nitrogen and oxygen atoms in total. The maximum absolute atomic E-state index is 14.0. The van der Waals surface area contributed by atoms with Gasteiger partial charge in [0.2, 0.25) is 35.3 Å². The summed E-state index contributed by atoms with van der Waals surface area (Å²) in [7, 11) is 0. The monoisotopic (exact) mass is 821 g/mol. The van der Waals surface area contributed by atoms with Crippen molar-refractivity contribution in [3.05, 3.63) is 35.9 Å². The number of hydrogen-bond donors (Lipinski definition) is 13. The Morgan fingerprint density at radius 1 is 0.649 bits per heavy atom. The Balaban J connectivity index is 3.41. The SMILES string of the molecule is CCC[C@H](NC(=O)[C@H](CCCN=C(N)N)NC(=O)[C@@H](N)CC(=O)O)C(=O)N[C@@H](Cc1ccccc1)C(=O)N[C@@H](CCCN=C(N)N)C(=O)N[C@@H](CS)C(=O)C(N)=O. The number of carboxylic acid groups (broad SMARTS) is 1. The van der Waals surface area contributed by atoms with Gasteiger partial charge in [-0.05, 0) is 37.7 Å². The number of guanidine groups is 2. The fraction of sp³-hybridized carbons (Fsp3) is 0.529. The second-order valence-corrected chi connectivity index (χ2v) is 13.2. The van der Waals surface area contributed by atoms with Crippen LogP contribution in [-0.4, -0.2) is 119 Å². The minimum atomic E-state index is -1.48. The highest BCUT2D eigenvalue weighted by molar-refractivity contribution is 7.80. The van der Waals surface area contributed by atoms with Gasteiger partial charge in [0, 0.05) is 25.3 Å². The zero-order valence-electron chi connectivity index (χ0n) is 31.6. The van der Waals surface area contributed by atoms with Gasteiger partial charge < -0.3 is 66.1 Å². The smallest absolute Gasteiger partial charge is 0.305 e. The lowest BCUT2D eigenvalue weighted by Gasteiger charge is -2.27. The van der Waals surface area contributed by atoms with Crippen LogP contribution in [0.15, 0.2) is 40.3 Å². The van der Waals surface area contributed by atoms with Gasteiger partial charge in [0.25, 0.3) is 5.91 Å².